The molecule has 5 rings (SSSR count). The fraction of sp³-hybridized carbons (Fsp3) is 0.400. The maximum Gasteiger partial charge on any atom is 0.323 e. The van der Waals surface area contributed by atoms with E-state index in [2.05, 4.69) is 35.8 Å². The van der Waals surface area contributed by atoms with Crippen molar-refractivity contribution in [1.82, 2.24) is 29.7 Å². The number of rotatable bonds is 10. The number of urea groups is 1. The zero-order valence-corrected chi connectivity index (χ0v) is 20.9. The number of fused-ring (bicyclic) bond motifs is 1. The Morgan fingerprint density at radius 2 is 2.08 bits per heavy atom. The van der Waals surface area contributed by atoms with Crippen molar-refractivity contribution in [2.24, 2.45) is 0 Å². The maximum atomic E-state index is 12.9. The molecule has 38 heavy (non-hydrogen) atoms. The Kier molecular flexibility index (Phi) is 7.54. The van der Waals surface area contributed by atoms with Crippen LogP contribution in [0.2, 0.25) is 0 Å². The molecule has 1 atom stereocenters. The first-order valence-electron chi connectivity index (χ1n) is 12.5. The Hall–Kier alpha value is -4.39. The second kappa shape index (κ2) is 11.3. The van der Waals surface area contributed by atoms with Gasteiger partial charge < -0.3 is 25.0 Å². The Morgan fingerprint density at radius 3 is 2.87 bits per heavy atom. The number of aryl methyl sites for hydroxylation is 2. The highest BCUT2D eigenvalue weighted by molar-refractivity contribution is 6.00. The summed E-state index contributed by atoms with van der Waals surface area (Å²) < 4.78 is 12.9. The lowest BCUT2D eigenvalue weighted by molar-refractivity contribution is -0.137. The second-order valence-electron chi connectivity index (χ2n) is 9.09. The summed E-state index contributed by atoms with van der Waals surface area (Å²) in [4.78, 5) is 36.7. The minimum atomic E-state index is -0.793. The Morgan fingerprint density at radius 1 is 1.18 bits per heavy atom. The monoisotopic (exact) mass is 520 g/mol. The van der Waals surface area contributed by atoms with Crippen LogP contribution in [0.25, 0.3) is 17.2 Å². The molecule has 4 aromatic rings. The van der Waals surface area contributed by atoms with Crippen LogP contribution in [0.3, 0.4) is 0 Å². The number of ether oxygens (including phenoxy) is 1. The lowest BCUT2D eigenvalue weighted by Gasteiger charge is -2.17. The molecular weight excluding hydrogens is 492 g/mol. The van der Waals surface area contributed by atoms with Crippen LogP contribution >= 0.6 is 0 Å². The van der Waals surface area contributed by atoms with Crippen molar-refractivity contribution in [3.8, 4) is 11.5 Å². The summed E-state index contributed by atoms with van der Waals surface area (Å²) in [6, 6.07) is 3.13. The molecule has 0 aliphatic carbocycles. The van der Waals surface area contributed by atoms with Gasteiger partial charge in [0.25, 0.3) is 0 Å². The Labute approximate surface area is 217 Å². The third-order valence-corrected chi connectivity index (χ3v) is 6.23. The number of anilines is 2. The highest BCUT2D eigenvalue weighted by Crippen LogP contribution is 2.33. The number of carboxylic acids is 1. The average Bonchev–Trinajstić information content (AvgIpc) is 3.66. The van der Waals surface area contributed by atoms with Gasteiger partial charge in [-0.05, 0) is 44.2 Å². The summed E-state index contributed by atoms with van der Waals surface area (Å²) in [7, 11) is 0. The van der Waals surface area contributed by atoms with E-state index in [1.807, 2.05) is 6.92 Å². The van der Waals surface area contributed by atoms with Crippen molar-refractivity contribution in [3.63, 3.8) is 0 Å². The third kappa shape index (κ3) is 5.78. The van der Waals surface area contributed by atoms with Crippen molar-refractivity contribution >= 4 is 29.0 Å². The number of pyridine rings is 1. The minimum absolute atomic E-state index is 0.156. The molecule has 5 heterocycles. The van der Waals surface area contributed by atoms with Crippen LogP contribution in [0.4, 0.5) is 16.2 Å². The molecule has 4 aromatic heterocycles. The van der Waals surface area contributed by atoms with Crippen LogP contribution in [0.15, 0.2) is 35.2 Å². The number of aliphatic carboxylic acids is 1. The van der Waals surface area contributed by atoms with E-state index in [1.54, 1.807) is 29.0 Å². The van der Waals surface area contributed by atoms with Crippen LogP contribution < -0.4 is 10.6 Å². The first kappa shape index (κ1) is 25.3. The summed E-state index contributed by atoms with van der Waals surface area (Å²) in [5.74, 6) is 0.0416. The molecule has 3 N–H and O–H groups in total. The molecule has 0 saturated carbocycles. The van der Waals surface area contributed by atoms with Crippen molar-refractivity contribution in [2.45, 2.75) is 58.0 Å². The van der Waals surface area contributed by atoms with Gasteiger partial charge in [0.1, 0.15) is 11.8 Å². The normalized spacial score (nSPS) is 15.1. The summed E-state index contributed by atoms with van der Waals surface area (Å²) in [5, 5.41) is 22.8. The molecule has 13 heteroatoms. The fourth-order valence-electron chi connectivity index (χ4n) is 4.43. The number of carboxylic acid groups (broad SMARTS) is 1. The van der Waals surface area contributed by atoms with Crippen molar-refractivity contribution in [2.75, 3.05) is 17.2 Å². The van der Waals surface area contributed by atoms with Crippen LogP contribution in [0.1, 0.15) is 61.8 Å². The van der Waals surface area contributed by atoms with E-state index in [9.17, 15) is 9.59 Å². The van der Waals surface area contributed by atoms with Gasteiger partial charge in [-0.2, -0.15) is 10.1 Å². The lowest BCUT2D eigenvalue weighted by atomic mass is 10.1. The topological polar surface area (TPSA) is 170 Å². The molecule has 1 fully saturated rings. The number of aromatic nitrogens is 6. The van der Waals surface area contributed by atoms with E-state index >= 15 is 0 Å². The van der Waals surface area contributed by atoms with Crippen molar-refractivity contribution in [3.05, 3.63) is 47.9 Å². The van der Waals surface area contributed by atoms with Gasteiger partial charge in [0.05, 0.1) is 35.7 Å². The van der Waals surface area contributed by atoms with Gasteiger partial charge in [0.15, 0.2) is 5.65 Å². The van der Waals surface area contributed by atoms with E-state index in [0.29, 0.717) is 53.9 Å². The van der Waals surface area contributed by atoms with Gasteiger partial charge in [-0.3, -0.25) is 9.78 Å². The summed E-state index contributed by atoms with van der Waals surface area (Å²) in [6.07, 6.45) is 9.26. The number of nitrogens with one attached hydrogen (secondary N) is 2. The quantitative estimate of drug-likeness (QED) is 0.258. The van der Waals surface area contributed by atoms with Crippen LogP contribution in [-0.2, 0) is 16.0 Å². The first-order chi connectivity index (χ1) is 18.5. The van der Waals surface area contributed by atoms with E-state index in [0.717, 1.165) is 36.9 Å². The maximum absolute atomic E-state index is 12.9. The molecular formula is C25H28N8O5. The molecule has 198 valence electrons. The molecule has 1 unspecified atom stereocenters. The van der Waals surface area contributed by atoms with E-state index in [-0.39, 0.29) is 12.5 Å². The number of carbonyl (C=O) groups excluding carboxylic acids is 1. The number of unbranched alkanes of at least 4 members (excludes halogenated alkanes) is 2. The van der Waals surface area contributed by atoms with Gasteiger partial charge in [-0.25, -0.2) is 14.3 Å². The van der Waals surface area contributed by atoms with Crippen LogP contribution in [-0.4, -0.2) is 53.4 Å². The van der Waals surface area contributed by atoms with Gasteiger partial charge in [0.2, 0.25) is 11.7 Å². The minimum Gasteiger partial charge on any atom is -0.481 e. The van der Waals surface area contributed by atoms with Gasteiger partial charge >= 0.3 is 12.0 Å². The molecule has 2 amide bonds. The zero-order valence-electron chi connectivity index (χ0n) is 20.9. The molecule has 1 aliphatic rings. The predicted molar refractivity (Wildman–Crippen MR) is 136 cm³/mol. The van der Waals surface area contributed by atoms with Gasteiger partial charge in [-0.1, -0.05) is 11.6 Å². The number of amides is 2. The van der Waals surface area contributed by atoms with E-state index in [1.165, 1.54) is 6.20 Å². The Balaban J connectivity index is 1.22. The molecule has 13 nitrogen and oxygen atoms in total. The second-order valence-corrected chi connectivity index (χ2v) is 9.09. The van der Waals surface area contributed by atoms with Crippen molar-refractivity contribution < 1.29 is 24.0 Å². The van der Waals surface area contributed by atoms with Crippen LogP contribution in [0, 0.1) is 6.92 Å². The van der Waals surface area contributed by atoms with Crippen molar-refractivity contribution in [1.29, 1.82) is 0 Å². The molecule has 1 aliphatic heterocycles. The number of hydrogen-bond acceptors (Lipinski definition) is 9. The third-order valence-electron chi connectivity index (χ3n) is 6.23. The van der Waals surface area contributed by atoms with Gasteiger partial charge in [-0.15, -0.1) is 0 Å². The SMILES string of the molecule is Cc1cc(NC(=O)Nc2cnc3ccnn3c2C2CCCO2)cnc1-c1noc(CCCCCC(=O)O)n1. The highest BCUT2D eigenvalue weighted by atomic mass is 16.5. The zero-order chi connectivity index (χ0) is 26.5. The standard InChI is InChI=1S/C25H28N8O5/c1-15-12-16(13-27-22(15)24-31-20(38-32-24)7-3-2-4-8-21(34)35)29-25(36)30-17-14-26-19-9-10-28-33(19)23(17)18-6-5-11-37-18/h9-10,12-14,18H,2-8,11H2,1H3,(H,34,35)(H2,29,30,36). The fourth-order valence-corrected chi connectivity index (χ4v) is 4.43. The molecule has 1 saturated heterocycles. The van der Waals surface area contributed by atoms with Crippen LogP contribution in [0.5, 0.6) is 0 Å². The van der Waals surface area contributed by atoms with E-state index < -0.39 is 12.0 Å². The molecule has 0 bridgehead atoms. The predicted octanol–water partition coefficient (Wildman–Crippen LogP) is 4.17. The Bertz CT molecular complexity index is 1440. The molecule has 0 spiro atoms. The summed E-state index contributed by atoms with van der Waals surface area (Å²) >= 11 is 0. The largest absolute Gasteiger partial charge is 0.481 e. The van der Waals surface area contributed by atoms with Gasteiger partial charge in [0, 0.05) is 25.5 Å². The summed E-state index contributed by atoms with van der Waals surface area (Å²) in [5.41, 5.74) is 3.76. The average molecular weight is 521 g/mol. The van der Waals surface area contributed by atoms with E-state index in [4.69, 9.17) is 14.4 Å². The molecule has 0 radical (unpaired) electrons. The first-order valence-corrected chi connectivity index (χ1v) is 12.5. The number of carbonyl (C=O) groups is 2. The molecule has 0 aromatic carbocycles. The number of nitrogens with zero attached hydrogens (tertiary/aromatic N) is 6. The lowest BCUT2D eigenvalue weighted by Crippen LogP contribution is -2.22. The smallest absolute Gasteiger partial charge is 0.323 e. The highest BCUT2D eigenvalue weighted by Gasteiger charge is 2.25. The number of hydrogen-bond donors (Lipinski definition) is 3. The summed E-state index contributed by atoms with van der Waals surface area (Å²) in [6.45, 7) is 2.51.